The summed E-state index contributed by atoms with van der Waals surface area (Å²) < 4.78 is 28.2. The maximum absolute atomic E-state index is 13.4. The quantitative estimate of drug-likeness (QED) is 0.635. The summed E-state index contributed by atoms with van der Waals surface area (Å²) in [6.45, 7) is 0. The summed E-state index contributed by atoms with van der Waals surface area (Å²) in [6.07, 6.45) is 0. The summed E-state index contributed by atoms with van der Waals surface area (Å²) in [5, 5.41) is 0. The molecule has 1 aliphatic heterocycles. The molecule has 0 saturated carbocycles. The van der Waals surface area contributed by atoms with E-state index in [2.05, 4.69) is 3.74 Å². The molecule has 0 radical (unpaired) electrons. The van der Waals surface area contributed by atoms with E-state index in [0.717, 1.165) is 20.0 Å². The van der Waals surface area contributed by atoms with Crippen LogP contribution in [0.4, 0.5) is 0 Å². The molecule has 0 aliphatic carbocycles. The van der Waals surface area contributed by atoms with E-state index in [0.29, 0.717) is 5.75 Å². The Balaban J connectivity index is 2.13. The fourth-order valence-electron chi connectivity index (χ4n) is 2.12. The average molecular weight is 356 g/mol. The van der Waals surface area contributed by atoms with Crippen LogP contribution in [-0.4, -0.2) is 33.6 Å². The molecule has 3 rings (SSSR count). The molecule has 0 aromatic heterocycles. The fraction of sp³-hybridized carbons (Fsp3) is 0.143. The van der Waals surface area contributed by atoms with Gasteiger partial charge in [-0.25, -0.2) is 0 Å². The van der Waals surface area contributed by atoms with E-state index in [1.807, 2.05) is 42.5 Å². The van der Waals surface area contributed by atoms with Gasteiger partial charge < -0.3 is 0 Å². The fourth-order valence-corrected chi connectivity index (χ4v) is 8.51. The monoisotopic (exact) mass is 357 g/mol. The van der Waals surface area contributed by atoms with E-state index in [-0.39, 0.29) is 15.2 Å². The Morgan fingerprint density at radius 2 is 1.80 bits per heavy atom. The third-order valence-electron chi connectivity index (χ3n) is 3.21. The van der Waals surface area contributed by atoms with Gasteiger partial charge in [0.15, 0.2) is 0 Å². The van der Waals surface area contributed by atoms with Crippen molar-refractivity contribution >= 4 is 29.8 Å². The van der Waals surface area contributed by atoms with Crippen LogP contribution >= 0.6 is 0 Å². The van der Waals surface area contributed by atoms with E-state index in [1.54, 1.807) is 14.2 Å². The van der Waals surface area contributed by atoms with Crippen LogP contribution in [0.25, 0.3) is 0 Å². The van der Waals surface area contributed by atoms with Crippen molar-refractivity contribution < 1.29 is 13.7 Å². The molecular formula is C14H15NO3SSe. The molecule has 6 heteroatoms. The summed E-state index contributed by atoms with van der Waals surface area (Å²) in [5.41, 5.74) is 0. The molecule has 2 aromatic carbocycles. The molecule has 0 bridgehead atoms. The molecule has 1 heterocycles. The van der Waals surface area contributed by atoms with Crippen molar-refractivity contribution in [1.29, 1.82) is 0 Å². The van der Waals surface area contributed by atoms with Crippen LogP contribution in [0.3, 0.4) is 0 Å². The van der Waals surface area contributed by atoms with Gasteiger partial charge >= 0.3 is 125 Å². The Labute approximate surface area is 125 Å². The van der Waals surface area contributed by atoms with Gasteiger partial charge in [-0.1, -0.05) is 0 Å². The molecular weight excluding hydrogens is 341 g/mol. The zero-order valence-corrected chi connectivity index (χ0v) is 13.7. The molecule has 20 heavy (non-hydrogen) atoms. The number of rotatable bonds is 3. The standard InChI is InChI=1S/C14H15NO3SSe/c1-17-10-4-3-5-12(8-10)19(16)13-9-11(18-2)6-7-14(13)20-15-19/h3-9,19H,1-2H3,(H,15,16). The topological polar surface area (TPSA) is 47.6 Å². The first-order chi connectivity index (χ1) is 9.67. The van der Waals surface area contributed by atoms with Gasteiger partial charge in [-0.15, -0.1) is 0 Å². The van der Waals surface area contributed by atoms with Crippen molar-refractivity contribution in [1.82, 2.24) is 3.74 Å². The predicted octanol–water partition coefficient (Wildman–Crippen LogP) is 0.901. The van der Waals surface area contributed by atoms with Gasteiger partial charge in [0.25, 0.3) is 0 Å². The first-order valence-corrected chi connectivity index (χ1v) is 9.47. The number of hydrogen-bond acceptors (Lipinski definition) is 3. The second-order valence-corrected chi connectivity index (χ2v) is 9.24. The molecule has 0 atom stereocenters. The molecule has 0 fully saturated rings. The Morgan fingerprint density at radius 1 is 1.05 bits per heavy atom. The molecule has 0 saturated heterocycles. The number of hydrogen-bond donors (Lipinski definition) is 2. The van der Waals surface area contributed by atoms with E-state index in [4.69, 9.17) is 9.47 Å². The number of benzene rings is 2. The number of fused-ring (bicyclic) bond motifs is 1. The molecule has 0 spiro atoms. The van der Waals surface area contributed by atoms with Crippen molar-refractivity contribution in [3.63, 3.8) is 0 Å². The maximum atomic E-state index is 13.4. The number of methoxy groups -OCH3 is 2. The van der Waals surface area contributed by atoms with E-state index < -0.39 is 10.1 Å². The summed E-state index contributed by atoms with van der Waals surface area (Å²) >= 11 is 0.0141. The first-order valence-electron chi connectivity index (χ1n) is 6.05. The Kier molecular flexibility index (Phi) is 3.56. The van der Waals surface area contributed by atoms with E-state index in [1.165, 1.54) is 0 Å². The number of ether oxygens (including phenoxy) is 2. The number of nitrogens with one attached hydrogen (secondary N) is 1. The van der Waals surface area contributed by atoms with Crippen molar-refractivity contribution in [2.24, 2.45) is 0 Å². The minimum atomic E-state index is -2.77. The van der Waals surface area contributed by atoms with Gasteiger partial charge in [-0.2, -0.15) is 0 Å². The van der Waals surface area contributed by atoms with Crippen LogP contribution < -0.4 is 17.7 Å². The van der Waals surface area contributed by atoms with Crippen molar-refractivity contribution in [2.75, 3.05) is 14.2 Å². The summed E-state index contributed by atoms with van der Waals surface area (Å²) in [5.74, 6) is 1.44. The SMILES string of the molecule is COc1cccc([SH]2(=O)N[Se]c3ccc(OC)cc32)c1. The second kappa shape index (κ2) is 5.22. The van der Waals surface area contributed by atoms with Gasteiger partial charge in [0, 0.05) is 0 Å². The van der Waals surface area contributed by atoms with Gasteiger partial charge in [0.1, 0.15) is 0 Å². The molecule has 2 aromatic rings. The third-order valence-corrected chi connectivity index (χ3v) is 9.35. The van der Waals surface area contributed by atoms with Gasteiger partial charge in [0.2, 0.25) is 0 Å². The summed E-state index contributed by atoms with van der Waals surface area (Å²) in [6, 6.07) is 13.2. The van der Waals surface area contributed by atoms with Crippen molar-refractivity contribution in [3.05, 3.63) is 42.5 Å². The van der Waals surface area contributed by atoms with Crippen LogP contribution in [0.15, 0.2) is 52.3 Å². The second-order valence-electron chi connectivity index (χ2n) is 4.34. The van der Waals surface area contributed by atoms with Crippen molar-refractivity contribution in [3.8, 4) is 11.5 Å². The molecule has 1 N–H and O–H groups in total. The van der Waals surface area contributed by atoms with Crippen LogP contribution in [0.1, 0.15) is 0 Å². The van der Waals surface area contributed by atoms with Crippen LogP contribution in [0.5, 0.6) is 11.5 Å². The molecule has 0 amide bonds. The average Bonchev–Trinajstić information content (AvgIpc) is 2.85. The van der Waals surface area contributed by atoms with Crippen molar-refractivity contribution in [2.45, 2.75) is 9.79 Å². The van der Waals surface area contributed by atoms with Crippen LogP contribution in [0.2, 0.25) is 0 Å². The minimum absolute atomic E-state index is 0.0141. The van der Waals surface area contributed by atoms with Crippen LogP contribution in [0, 0.1) is 0 Å². The molecule has 0 unspecified atom stereocenters. The molecule has 106 valence electrons. The van der Waals surface area contributed by atoms with Gasteiger partial charge in [-0.3, -0.25) is 0 Å². The molecule has 1 aliphatic rings. The Hall–Kier alpha value is -1.33. The van der Waals surface area contributed by atoms with Crippen LogP contribution in [-0.2, 0) is 10.1 Å². The zero-order valence-electron chi connectivity index (χ0n) is 11.1. The van der Waals surface area contributed by atoms with Gasteiger partial charge in [0.05, 0.1) is 0 Å². The molecule has 4 nitrogen and oxygen atoms in total. The normalized spacial score (nSPS) is 17.3. The predicted molar refractivity (Wildman–Crippen MR) is 80.6 cm³/mol. The zero-order chi connectivity index (χ0) is 14.2. The van der Waals surface area contributed by atoms with E-state index >= 15 is 0 Å². The summed E-state index contributed by atoms with van der Waals surface area (Å²) in [7, 11) is 0.451. The van der Waals surface area contributed by atoms with Gasteiger partial charge in [-0.05, 0) is 0 Å². The Bertz CT molecular complexity index is 705. The summed E-state index contributed by atoms with van der Waals surface area (Å²) in [4.78, 5) is 1.62. The van der Waals surface area contributed by atoms with E-state index in [9.17, 15) is 4.21 Å². The third kappa shape index (κ3) is 2.15. The Morgan fingerprint density at radius 3 is 2.55 bits per heavy atom. The first kappa shape index (κ1) is 13.6. The number of thiol groups is 1.